The fourth-order valence-corrected chi connectivity index (χ4v) is 1.50. The van der Waals surface area contributed by atoms with Crippen LogP contribution in [0.4, 0.5) is 16.3 Å². The second-order valence-corrected chi connectivity index (χ2v) is 4.85. The quantitative estimate of drug-likeness (QED) is 0.850. The van der Waals surface area contributed by atoms with Crippen molar-refractivity contribution in [2.24, 2.45) is 5.92 Å². The van der Waals surface area contributed by atoms with Crippen LogP contribution in [0.5, 0.6) is 0 Å². The maximum Gasteiger partial charge on any atom is 0.322 e. The Balaban J connectivity index is 2.59. The minimum absolute atomic E-state index is 0.136. The van der Waals surface area contributed by atoms with Crippen LogP contribution in [0.15, 0.2) is 18.3 Å². The molecule has 0 aliphatic heterocycles. The van der Waals surface area contributed by atoms with Crippen LogP contribution in [0.2, 0.25) is 0 Å². The average Bonchev–Trinajstić information content (AvgIpc) is 2.38. The number of carbonyl (C=O) groups excluding carboxylic acids is 1. The van der Waals surface area contributed by atoms with Crippen LogP contribution >= 0.6 is 0 Å². The Hall–Kier alpha value is -2.31. The van der Waals surface area contributed by atoms with Crippen molar-refractivity contribution >= 4 is 23.5 Å². The third-order valence-electron chi connectivity index (χ3n) is 2.82. The molecule has 110 valence electrons. The Morgan fingerprint density at radius 2 is 2.00 bits per heavy atom. The van der Waals surface area contributed by atoms with Gasteiger partial charge in [-0.25, -0.2) is 9.78 Å². The van der Waals surface area contributed by atoms with Crippen LogP contribution in [0.3, 0.4) is 0 Å². The summed E-state index contributed by atoms with van der Waals surface area (Å²) >= 11 is 0. The van der Waals surface area contributed by atoms with Crippen molar-refractivity contribution < 1.29 is 14.7 Å². The molecule has 0 aliphatic rings. The van der Waals surface area contributed by atoms with Crippen molar-refractivity contribution in [2.75, 3.05) is 37.9 Å². The van der Waals surface area contributed by atoms with Gasteiger partial charge in [0.1, 0.15) is 5.82 Å². The minimum atomic E-state index is -0.932. The number of rotatable bonds is 5. The Morgan fingerprint density at radius 1 is 1.35 bits per heavy atom. The predicted molar refractivity (Wildman–Crippen MR) is 77.0 cm³/mol. The number of hydrogen-bond donors (Lipinski definition) is 2. The van der Waals surface area contributed by atoms with Crippen LogP contribution in [0, 0.1) is 5.92 Å². The highest BCUT2D eigenvalue weighted by Crippen LogP contribution is 2.12. The summed E-state index contributed by atoms with van der Waals surface area (Å²) in [6.45, 7) is 1.69. The zero-order valence-corrected chi connectivity index (χ0v) is 12.1. The standard InChI is InChI=1S/C13H20N4O3/c1-9(12(18)19)8-17(4)13(20)15-11-6-5-10(7-14-11)16(2)3/h5-7,9H,8H2,1-4H3,(H,18,19)(H,14,15,20). The minimum Gasteiger partial charge on any atom is -0.481 e. The van der Waals surface area contributed by atoms with Gasteiger partial charge in [0.15, 0.2) is 0 Å². The predicted octanol–water partition coefficient (Wildman–Crippen LogP) is 1.33. The van der Waals surface area contributed by atoms with Gasteiger partial charge in [-0.05, 0) is 12.1 Å². The number of urea groups is 1. The first-order chi connectivity index (χ1) is 9.31. The molecule has 0 spiro atoms. The van der Waals surface area contributed by atoms with Gasteiger partial charge in [-0.1, -0.05) is 6.92 Å². The summed E-state index contributed by atoms with van der Waals surface area (Å²) in [5.74, 6) is -1.12. The highest BCUT2D eigenvalue weighted by molar-refractivity contribution is 5.88. The lowest BCUT2D eigenvalue weighted by Gasteiger charge is -2.20. The highest BCUT2D eigenvalue weighted by Gasteiger charge is 2.17. The number of nitrogens with one attached hydrogen (secondary N) is 1. The monoisotopic (exact) mass is 280 g/mol. The summed E-state index contributed by atoms with van der Waals surface area (Å²) in [6.07, 6.45) is 1.65. The number of hydrogen-bond acceptors (Lipinski definition) is 4. The van der Waals surface area contributed by atoms with Gasteiger partial charge in [0, 0.05) is 27.7 Å². The summed E-state index contributed by atoms with van der Waals surface area (Å²) in [5, 5.41) is 11.4. The van der Waals surface area contributed by atoms with Crippen LogP contribution in [-0.2, 0) is 4.79 Å². The zero-order chi connectivity index (χ0) is 15.3. The van der Waals surface area contributed by atoms with Crippen LogP contribution < -0.4 is 10.2 Å². The number of aromatic nitrogens is 1. The number of carboxylic acid groups (broad SMARTS) is 1. The highest BCUT2D eigenvalue weighted by atomic mass is 16.4. The Labute approximate surface area is 118 Å². The maximum atomic E-state index is 11.9. The molecule has 7 nitrogen and oxygen atoms in total. The Bertz CT molecular complexity index is 473. The van der Waals surface area contributed by atoms with E-state index in [1.54, 1.807) is 26.2 Å². The first kappa shape index (κ1) is 15.7. The molecule has 1 rings (SSSR count). The van der Waals surface area contributed by atoms with E-state index in [1.165, 1.54) is 4.90 Å². The van der Waals surface area contributed by atoms with E-state index in [9.17, 15) is 9.59 Å². The van der Waals surface area contributed by atoms with E-state index in [0.717, 1.165) is 5.69 Å². The Morgan fingerprint density at radius 3 is 2.45 bits per heavy atom. The molecule has 1 atom stereocenters. The van der Waals surface area contributed by atoms with Crippen LogP contribution in [0.1, 0.15) is 6.92 Å². The summed E-state index contributed by atoms with van der Waals surface area (Å²) < 4.78 is 0. The largest absolute Gasteiger partial charge is 0.481 e. The van der Waals surface area contributed by atoms with Crippen LogP contribution in [0.25, 0.3) is 0 Å². The molecule has 1 aromatic heterocycles. The normalized spacial score (nSPS) is 11.6. The van der Waals surface area contributed by atoms with Gasteiger partial charge in [-0.2, -0.15) is 0 Å². The molecule has 0 radical (unpaired) electrons. The topological polar surface area (TPSA) is 85.8 Å². The van der Waals surface area contributed by atoms with Gasteiger partial charge in [-0.15, -0.1) is 0 Å². The molecule has 7 heteroatoms. The lowest BCUT2D eigenvalue weighted by Crippen LogP contribution is -2.36. The smallest absolute Gasteiger partial charge is 0.322 e. The number of carboxylic acids is 1. The number of carbonyl (C=O) groups is 2. The molecule has 20 heavy (non-hydrogen) atoms. The molecule has 2 N–H and O–H groups in total. The molecule has 0 bridgehead atoms. The van der Waals surface area contributed by atoms with E-state index in [4.69, 9.17) is 5.11 Å². The van der Waals surface area contributed by atoms with Gasteiger partial charge >= 0.3 is 12.0 Å². The van der Waals surface area contributed by atoms with Crippen molar-refractivity contribution in [3.05, 3.63) is 18.3 Å². The molecule has 2 amide bonds. The molecular weight excluding hydrogens is 260 g/mol. The number of pyridine rings is 1. The van der Waals surface area contributed by atoms with Gasteiger partial charge in [0.05, 0.1) is 17.8 Å². The second kappa shape index (κ2) is 6.74. The molecule has 0 aliphatic carbocycles. The van der Waals surface area contributed by atoms with Crippen molar-refractivity contribution in [1.29, 1.82) is 0 Å². The Kier molecular flexibility index (Phi) is 5.31. The van der Waals surface area contributed by atoms with E-state index in [-0.39, 0.29) is 12.6 Å². The van der Waals surface area contributed by atoms with E-state index in [2.05, 4.69) is 10.3 Å². The van der Waals surface area contributed by atoms with Gasteiger partial charge in [0.25, 0.3) is 0 Å². The molecule has 1 unspecified atom stereocenters. The van der Waals surface area contributed by atoms with E-state index in [1.807, 2.05) is 25.1 Å². The van der Waals surface area contributed by atoms with E-state index >= 15 is 0 Å². The molecule has 1 aromatic rings. The number of nitrogens with zero attached hydrogens (tertiary/aromatic N) is 3. The second-order valence-electron chi connectivity index (χ2n) is 4.85. The average molecular weight is 280 g/mol. The summed E-state index contributed by atoms with van der Waals surface area (Å²) in [6, 6.07) is 3.15. The van der Waals surface area contributed by atoms with Crippen LogP contribution in [-0.4, -0.2) is 54.7 Å². The van der Waals surface area contributed by atoms with Crippen molar-refractivity contribution in [3.63, 3.8) is 0 Å². The van der Waals surface area contributed by atoms with E-state index in [0.29, 0.717) is 5.82 Å². The third kappa shape index (κ3) is 4.42. The van der Waals surface area contributed by atoms with Crippen molar-refractivity contribution in [1.82, 2.24) is 9.88 Å². The van der Waals surface area contributed by atoms with Gasteiger partial charge < -0.3 is 14.9 Å². The fourth-order valence-electron chi connectivity index (χ4n) is 1.50. The fraction of sp³-hybridized carbons (Fsp3) is 0.462. The molecule has 0 aromatic carbocycles. The van der Waals surface area contributed by atoms with Gasteiger partial charge in [0.2, 0.25) is 0 Å². The number of aliphatic carboxylic acids is 1. The van der Waals surface area contributed by atoms with Gasteiger partial charge in [-0.3, -0.25) is 10.1 Å². The first-order valence-electron chi connectivity index (χ1n) is 6.19. The lowest BCUT2D eigenvalue weighted by atomic mass is 10.2. The van der Waals surface area contributed by atoms with E-state index < -0.39 is 11.9 Å². The number of amides is 2. The molecule has 1 heterocycles. The lowest BCUT2D eigenvalue weighted by molar-refractivity contribution is -0.141. The molecule has 0 fully saturated rings. The zero-order valence-electron chi connectivity index (χ0n) is 12.1. The van der Waals surface area contributed by atoms with Crippen molar-refractivity contribution in [3.8, 4) is 0 Å². The maximum absolute atomic E-state index is 11.9. The van der Waals surface area contributed by atoms with Crippen molar-refractivity contribution in [2.45, 2.75) is 6.92 Å². The summed E-state index contributed by atoms with van der Waals surface area (Å²) in [7, 11) is 5.34. The summed E-state index contributed by atoms with van der Waals surface area (Å²) in [5.41, 5.74) is 0.927. The molecular formula is C13H20N4O3. The molecule has 0 saturated carbocycles. The number of anilines is 2. The first-order valence-corrected chi connectivity index (χ1v) is 6.19. The summed E-state index contributed by atoms with van der Waals surface area (Å²) in [4.78, 5) is 29.9. The SMILES string of the molecule is CC(CN(C)C(=O)Nc1ccc(N(C)C)cn1)C(=O)O. The molecule has 0 saturated heterocycles. The third-order valence-corrected chi connectivity index (χ3v) is 2.82.